The molecule has 1 N–H and O–H groups in total. The molecule has 1 aromatic carbocycles. The van der Waals surface area contributed by atoms with Gasteiger partial charge in [0.1, 0.15) is 11.6 Å². The van der Waals surface area contributed by atoms with Crippen molar-refractivity contribution in [2.75, 3.05) is 13.1 Å². The van der Waals surface area contributed by atoms with Crippen molar-refractivity contribution >= 4 is 5.78 Å². The van der Waals surface area contributed by atoms with Gasteiger partial charge in [0.25, 0.3) is 0 Å². The summed E-state index contributed by atoms with van der Waals surface area (Å²) in [6.07, 6.45) is 2.36. The molecule has 1 aliphatic heterocycles. The van der Waals surface area contributed by atoms with Crippen LogP contribution in [-0.4, -0.2) is 18.9 Å². The van der Waals surface area contributed by atoms with Crippen LogP contribution < -0.4 is 5.32 Å². The summed E-state index contributed by atoms with van der Waals surface area (Å²) < 4.78 is 26.1. The molecule has 0 radical (unpaired) electrons. The first-order valence-electron chi connectivity index (χ1n) is 5.86. The van der Waals surface area contributed by atoms with Gasteiger partial charge in [0.15, 0.2) is 5.78 Å². The molecule has 0 aliphatic carbocycles. The minimum atomic E-state index is -0.765. The number of Topliss-reactive ketones (excluding diaryl/α,β-unsaturated/α-hetero) is 1. The molecule has 0 spiro atoms. The fourth-order valence-corrected chi connectivity index (χ4v) is 2.19. The van der Waals surface area contributed by atoms with Crippen LogP contribution in [0.25, 0.3) is 0 Å². The van der Waals surface area contributed by atoms with Gasteiger partial charge in [0.05, 0.1) is 5.56 Å². The Hall–Kier alpha value is -1.29. The van der Waals surface area contributed by atoms with Gasteiger partial charge in [-0.1, -0.05) is 0 Å². The molecule has 1 heterocycles. The van der Waals surface area contributed by atoms with Crippen molar-refractivity contribution < 1.29 is 13.6 Å². The minimum absolute atomic E-state index is 0.00280. The fourth-order valence-electron chi connectivity index (χ4n) is 2.19. The van der Waals surface area contributed by atoms with E-state index in [0.717, 1.165) is 38.1 Å². The maximum atomic E-state index is 13.4. The fraction of sp³-hybridized carbons (Fsp3) is 0.462. The summed E-state index contributed by atoms with van der Waals surface area (Å²) in [5, 5.41) is 3.21. The van der Waals surface area contributed by atoms with Gasteiger partial charge >= 0.3 is 0 Å². The number of hydrogen-bond acceptors (Lipinski definition) is 2. The molecule has 0 amide bonds. The van der Waals surface area contributed by atoms with Crippen molar-refractivity contribution in [3.63, 3.8) is 0 Å². The lowest BCUT2D eigenvalue weighted by molar-refractivity contribution is 0.0950. The van der Waals surface area contributed by atoms with E-state index in [2.05, 4.69) is 5.32 Å². The van der Waals surface area contributed by atoms with Crippen molar-refractivity contribution in [3.8, 4) is 0 Å². The zero-order valence-electron chi connectivity index (χ0n) is 9.51. The molecular formula is C13H15F2NO. The smallest absolute Gasteiger partial charge is 0.166 e. The highest BCUT2D eigenvalue weighted by Crippen LogP contribution is 2.19. The van der Waals surface area contributed by atoms with Gasteiger partial charge in [0.2, 0.25) is 0 Å². The first-order valence-corrected chi connectivity index (χ1v) is 5.86. The van der Waals surface area contributed by atoms with Gasteiger partial charge in [-0.2, -0.15) is 0 Å². The summed E-state index contributed by atoms with van der Waals surface area (Å²) in [5.41, 5.74) is -0.00280. The number of halogens is 2. The van der Waals surface area contributed by atoms with E-state index in [1.54, 1.807) is 0 Å². The van der Waals surface area contributed by atoms with Crippen LogP contribution in [0, 0.1) is 17.6 Å². The van der Waals surface area contributed by atoms with Crippen LogP contribution >= 0.6 is 0 Å². The summed E-state index contributed by atoms with van der Waals surface area (Å²) >= 11 is 0. The zero-order chi connectivity index (χ0) is 12.3. The molecule has 17 heavy (non-hydrogen) atoms. The highest BCUT2D eigenvalue weighted by Gasteiger charge is 2.19. The molecule has 1 aliphatic rings. The average molecular weight is 239 g/mol. The first-order chi connectivity index (χ1) is 8.16. The van der Waals surface area contributed by atoms with E-state index >= 15 is 0 Å². The summed E-state index contributed by atoms with van der Waals surface area (Å²) in [6.45, 7) is 1.78. The van der Waals surface area contributed by atoms with Gasteiger partial charge in [-0.15, -0.1) is 0 Å². The Morgan fingerprint density at radius 1 is 1.41 bits per heavy atom. The van der Waals surface area contributed by atoms with Crippen LogP contribution in [0.5, 0.6) is 0 Å². The van der Waals surface area contributed by atoms with Crippen LogP contribution in [0.15, 0.2) is 18.2 Å². The van der Waals surface area contributed by atoms with Gasteiger partial charge in [-0.25, -0.2) is 8.78 Å². The molecule has 1 aromatic rings. The predicted molar refractivity (Wildman–Crippen MR) is 60.9 cm³/mol. The number of benzene rings is 1. The summed E-state index contributed by atoms with van der Waals surface area (Å²) in [6, 6.07) is 3.10. The Balaban J connectivity index is 2.03. The van der Waals surface area contributed by atoms with Crippen LogP contribution in [0.1, 0.15) is 29.6 Å². The molecule has 1 atom stereocenters. The third kappa shape index (κ3) is 3.09. The Bertz CT molecular complexity index is 414. The Morgan fingerprint density at radius 2 is 2.24 bits per heavy atom. The molecule has 92 valence electrons. The average Bonchev–Trinajstić information content (AvgIpc) is 2.30. The molecule has 0 aromatic heterocycles. The maximum Gasteiger partial charge on any atom is 0.166 e. The van der Waals surface area contributed by atoms with E-state index in [1.807, 2.05) is 0 Å². The van der Waals surface area contributed by atoms with Gasteiger partial charge < -0.3 is 5.32 Å². The highest BCUT2D eigenvalue weighted by atomic mass is 19.1. The van der Waals surface area contributed by atoms with E-state index in [1.165, 1.54) is 6.07 Å². The van der Waals surface area contributed by atoms with Crippen molar-refractivity contribution in [3.05, 3.63) is 35.4 Å². The summed E-state index contributed by atoms with van der Waals surface area (Å²) in [7, 11) is 0. The van der Waals surface area contributed by atoms with Gasteiger partial charge in [-0.05, 0) is 44.0 Å². The van der Waals surface area contributed by atoms with Gasteiger partial charge in [-0.3, -0.25) is 4.79 Å². The molecule has 1 saturated heterocycles. The largest absolute Gasteiger partial charge is 0.316 e. The number of rotatable bonds is 3. The van der Waals surface area contributed by atoms with E-state index < -0.39 is 11.6 Å². The Kier molecular flexibility index (Phi) is 3.84. The van der Waals surface area contributed by atoms with Crippen LogP contribution in [0.4, 0.5) is 8.78 Å². The number of piperidine rings is 1. The first kappa shape index (κ1) is 12.2. The van der Waals surface area contributed by atoms with Crippen LogP contribution in [0.2, 0.25) is 0 Å². The molecule has 2 rings (SSSR count). The SMILES string of the molecule is O=C(CC1CCCNC1)c1ccc(F)cc1F. The predicted octanol–water partition coefficient (Wildman–Crippen LogP) is 2.54. The third-order valence-corrected chi connectivity index (χ3v) is 3.10. The molecule has 1 unspecified atom stereocenters. The normalized spacial score (nSPS) is 20.2. The van der Waals surface area contributed by atoms with Crippen molar-refractivity contribution in [2.24, 2.45) is 5.92 Å². The maximum absolute atomic E-state index is 13.4. The molecular weight excluding hydrogens is 224 g/mol. The lowest BCUT2D eigenvalue weighted by Gasteiger charge is -2.21. The summed E-state index contributed by atoms with van der Waals surface area (Å²) in [4.78, 5) is 11.9. The van der Waals surface area contributed by atoms with Crippen molar-refractivity contribution in [1.29, 1.82) is 0 Å². The topological polar surface area (TPSA) is 29.1 Å². The molecule has 4 heteroatoms. The lowest BCUT2D eigenvalue weighted by atomic mass is 9.92. The quantitative estimate of drug-likeness (QED) is 0.821. The van der Waals surface area contributed by atoms with Gasteiger partial charge in [0, 0.05) is 12.5 Å². The second-order valence-electron chi connectivity index (χ2n) is 4.46. The van der Waals surface area contributed by atoms with Crippen molar-refractivity contribution in [2.45, 2.75) is 19.3 Å². The Labute approximate surface area is 99.0 Å². The molecule has 0 bridgehead atoms. The van der Waals surface area contributed by atoms with E-state index in [0.29, 0.717) is 6.42 Å². The zero-order valence-corrected chi connectivity index (χ0v) is 9.51. The standard InChI is InChI=1S/C13H15F2NO/c14-10-3-4-11(12(15)7-10)13(17)6-9-2-1-5-16-8-9/h3-4,7,9,16H,1-2,5-6,8H2. The summed E-state index contributed by atoms with van der Waals surface area (Å²) in [5.74, 6) is -1.39. The minimum Gasteiger partial charge on any atom is -0.316 e. The van der Waals surface area contributed by atoms with E-state index in [-0.39, 0.29) is 17.3 Å². The third-order valence-electron chi connectivity index (χ3n) is 3.10. The number of ketones is 1. The number of carbonyl (C=O) groups is 1. The molecule has 0 saturated carbocycles. The van der Waals surface area contributed by atoms with E-state index in [9.17, 15) is 13.6 Å². The second-order valence-corrected chi connectivity index (χ2v) is 4.46. The van der Waals surface area contributed by atoms with Crippen molar-refractivity contribution in [1.82, 2.24) is 5.32 Å². The van der Waals surface area contributed by atoms with Crippen LogP contribution in [0.3, 0.4) is 0 Å². The highest BCUT2D eigenvalue weighted by molar-refractivity contribution is 5.96. The monoisotopic (exact) mass is 239 g/mol. The number of hydrogen-bond donors (Lipinski definition) is 1. The van der Waals surface area contributed by atoms with Crippen LogP contribution in [-0.2, 0) is 0 Å². The number of nitrogens with one attached hydrogen (secondary N) is 1. The second kappa shape index (κ2) is 5.36. The Morgan fingerprint density at radius 3 is 2.88 bits per heavy atom. The number of carbonyl (C=O) groups excluding carboxylic acids is 1. The molecule has 2 nitrogen and oxygen atoms in total. The van der Waals surface area contributed by atoms with E-state index in [4.69, 9.17) is 0 Å². The lowest BCUT2D eigenvalue weighted by Crippen LogP contribution is -2.31. The molecule has 1 fully saturated rings.